The predicted octanol–water partition coefficient (Wildman–Crippen LogP) is 3.82. The van der Waals surface area contributed by atoms with Crippen LogP contribution in [0.25, 0.3) is 0 Å². The van der Waals surface area contributed by atoms with Crippen molar-refractivity contribution in [3.8, 4) is 11.5 Å². The number of carbonyl (C=O) groups is 1. The van der Waals surface area contributed by atoms with E-state index >= 15 is 0 Å². The molecule has 0 aliphatic carbocycles. The first-order valence-corrected chi connectivity index (χ1v) is 8.10. The van der Waals surface area contributed by atoms with Gasteiger partial charge in [-0.3, -0.25) is 4.79 Å². The molecule has 6 heteroatoms. The quantitative estimate of drug-likeness (QED) is 0.918. The first-order chi connectivity index (χ1) is 11.5. The minimum Gasteiger partial charge on any atom is -0.490 e. The van der Waals surface area contributed by atoms with Crippen LogP contribution in [0.2, 0.25) is 5.02 Å². The average molecular weight is 347 g/mol. The topological polar surface area (TPSA) is 50.8 Å². The first-order valence-electron chi connectivity index (χ1n) is 7.72. The second-order valence-electron chi connectivity index (χ2n) is 5.72. The Morgan fingerprint density at radius 3 is 2.58 bits per heavy atom. The van der Waals surface area contributed by atoms with E-state index < -0.39 is 0 Å². The van der Waals surface area contributed by atoms with Crippen molar-refractivity contribution in [3.05, 3.63) is 47.0 Å². The number of fused-ring (bicyclic) bond motifs is 1. The van der Waals surface area contributed by atoms with Crippen LogP contribution in [0.3, 0.4) is 0 Å². The number of hydrogen-bond acceptors (Lipinski definition) is 4. The van der Waals surface area contributed by atoms with Crippen LogP contribution in [0.1, 0.15) is 16.8 Å². The molecule has 0 atom stereocenters. The largest absolute Gasteiger partial charge is 0.490 e. The van der Waals surface area contributed by atoms with Gasteiger partial charge in [0.15, 0.2) is 11.5 Å². The lowest BCUT2D eigenvalue weighted by Crippen LogP contribution is -2.16. The van der Waals surface area contributed by atoms with Crippen LogP contribution in [0.4, 0.5) is 11.4 Å². The number of nitrogens with one attached hydrogen (secondary N) is 1. The average Bonchev–Trinajstić information content (AvgIpc) is 2.79. The standard InChI is InChI=1S/C18H19ClN2O3/c1-21(2)15-6-5-13(19)11-14(15)20-18(22)12-4-7-16-17(10-12)24-9-3-8-23-16/h4-7,10-11H,3,8-9H2,1-2H3,(H,20,22). The van der Waals surface area contributed by atoms with Crippen LogP contribution in [-0.4, -0.2) is 33.2 Å². The van der Waals surface area contributed by atoms with E-state index in [9.17, 15) is 4.79 Å². The lowest BCUT2D eigenvalue weighted by atomic mass is 10.1. The summed E-state index contributed by atoms with van der Waals surface area (Å²) in [7, 11) is 3.82. The summed E-state index contributed by atoms with van der Waals surface area (Å²) in [6.07, 6.45) is 0.824. The van der Waals surface area contributed by atoms with Crippen molar-refractivity contribution in [1.82, 2.24) is 0 Å². The molecule has 0 unspecified atom stereocenters. The van der Waals surface area contributed by atoms with Crippen LogP contribution in [-0.2, 0) is 0 Å². The van der Waals surface area contributed by atoms with Gasteiger partial charge >= 0.3 is 0 Å². The van der Waals surface area contributed by atoms with E-state index in [-0.39, 0.29) is 5.91 Å². The van der Waals surface area contributed by atoms with Crippen molar-refractivity contribution in [3.63, 3.8) is 0 Å². The molecule has 1 aliphatic heterocycles. The van der Waals surface area contributed by atoms with Crippen molar-refractivity contribution in [2.24, 2.45) is 0 Å². The monoisotopic (exact) mass is 346 g/mol. The number of amides is 1. The van der Waals surface area contributed by atoms with Gasteiger partial charge in [-0.15, -0.1) is 0 Å². The Labute approximate surface area is 146 Å². The van der Waals surface area contributed by atoms with Gasteiger partial charge in [0, 0.05) is 31.1 Å². The van der Waals surface area contributed by atoms with Crippen molar-refractivity contribution >= 4 is 28.9 Å². The first kappa shape index (κ1) is 16.5. The SMILES string of the molecule is CN(C)c1ccc(Cl)cc1NC(=O)c1ccc2c(c1)OCCCO2. The molecular formula is C18H19ClN2O3. The van der Waals surface area contributed by atoms with Gasteiger partial charge in [-0.05, 0) is 36.4 Å². The molecule has 126 valence electrons. The Hall–Kier alpha value is -2.40. The van der Waals surface area contributed by atoms with Gasteiger partial charge in [-0.1, -0.05) is 11.6 Å². The normalized spacial score (nSPS) is 13.1. The van der Waals surface area contributed by atoms with Crippen LogP contribution < -0.4 is 19.7 Å². The molecule has 24 heavy (non-hydrogen) atoms. The zero-order chi connectivity index (χ0) is 17.1. The number of rotatable bonds is 3. The molecule has 2 aromatic carbocycles. The molecule has 1 aliphatic rings. The highest BCUT2D eigenvalue weighted by Gasteiger charge is 2.16. The van der Waals surface area contributed by atoms with E-state index in [1.807, 2.05) is 25.1 Å². The summed E-state index contributed by atoms with van der Waals surface area (Å²) in [5.41, 5.74) is 2.04. The van der Waals surface area contributed by atoms with Gasteiger partial charge < -0.3 is 19.7 Å². The Balaban J connectivity index is 1.85. The molecule has 1 heterocycles. The maximum absolute atomic E-state index is 12.6. The number of benzene rings is 2. The minimum atomic E-state index is -0.226. The second kappa shape index (κ2) is 7.01. The Bertz CT molecular complexity index is 762. The molecular weight excluding hydrogens is 328 g/mol. The molecule has 0 radical (unpaired) electrons. The highest BCUT2D eigenvalue weighted by molar-refractivity contribution is 6.31. The van der Waals surface area contributed by atoms with Crippen LogP contribution in [0.5, 0.6) is 11.5 Å². The summed E-state index contributed by atoms with van der Waals surface area (Å²) >= 11 is 6.06. The van der Waals surface area contributed by atoms with E-state index in [1.165, 1.54) is 0 Å². The van der Waals surface area contributed by atoms with Crippen LogP contribution in [0.15, 0.2) is 36.4 Å². The molecule has 1 N–H and O–H groups in total. The molecule has 0 spiro atoms. The molecule has 0 aromatic heterocycles. The second-order valence-corrected chi connectivity index (χ2v) is 6.16. The lowest BCUT2D eigenvalue weighted by Gasteiger charge is -2.18. The third kappa shape index (κ3) is 3.57. The van der Waals surface area contributed by atoms with Gasteiger partial charge in [-0.2, -0.15) is 0 Å². The lowest BCUT2D eigenvalue weighted by molar-refractivity contribution is 0.102. The van der Waals surface area contributed by atoms with Crippen LogP contribution >= 0.6 is 11.6 Å². The number of hydrogen-bond donors (Lipinski definition) is 1. The van der Waals surface area contributed by atoms with Gasteiger partial charge in [0.05, 0.1) is 24.6 Å². The van der Waals surface area contributed by atoms with Crippen molar-refractivity contribution < 1.29 is 14.3 Å². The molecule has 0 saturated carbocycles. The number of anilines is 2. The number of halogens is 1. The molecule has 3 rings (SSSR count). The Morgan fingerprint density at radius 2 is 1.83 bits per heavy atom. The van der Waals surface area contributed by atoms with Gasteiger partial charge in [0.1, 0.15) is 0 Å². The van der Waals surface area contributed by atoms with E-state index in [2.05, 4.69) is 5.32 Å². The number of nitrogens with zero attached hydrogens (tertiary/aromatic N) is 1. The fourth-order valence-corrected chi connectivity index (χ4v) is 2.67. The molecule has 1 amide bonds. The third-order valence-corrected chi connectivity index (χ3v) is 3.93. The molecule has 0 saturated heterocycles. The van der Waals surface area contributed by atoms with Crippen LogP contribution in [0, 0.1) is 0 Å². The zero-order valence-corrected chi connectivity index (χ0v) is 14.4. The molecule has 2 aromatic rings. The number of ether oxygens (including phenoxy) is 2. The maximum atomic E-state index is 12.6. The van der Waals surface area contributed by atoms with Crippen molar-refractivity contribution in [2.75, 3.05) is 37.5 Å². The van der Waals surface area contributed by atoms with Gasteiger partial charge in [0.25, 0.3) is 5.91 Å². The maximum Gasteiger partial charge on any atom is 0.255 e. The Kier molecular flexibility index (Phi) is 4.81. The summed E-state index contributed by atoms with van der Waals surface area (Å²) in [6, 6.07) is 10.6. The summed E-state index contributed by atoms with van der Waals surface area (Å²) in [4.78, 5) is 14.5. The predicted molar refractivity (Wildman–Crippen MR) is 95.8 cm³/mol. The van der Waals surface area contributed by atoms with E-state index in [4.69, 9.17) is 21.1 Å². The third-order valence-electron chi connectivity index (χ3n) is 3.70. The van der Waals surface area contributed by atoms with Crippen molar-refractivity contribution in [2.45, 2.75) is 6.42 Å². The van der Waals surface area contributed by atoms with E-state index in [0.717, 1.165) is 12.1 Å². The van der Waals surface area contributed by atoms with Crippen molar-refractivity contribution in [1.29, 1.82) is 0 Å². The fraction of sp³-hybridized carbons (Fsp3) is 0.278. The van der Waals surface area contributed by atoms with Gasteiger partial charge in [0.2, 0.25) is 0 Å². The highest BCUT2D eigenvalue weighted by atomic mass is 35.5. The minimum absolute atomic E-state index is 0.226. The smallest absolute Gasteiger partial charge is 0.255 e. The number of carbonyl (C=O) groups excluding carboxylic acids is 1. The summed E-state index contributed by atoms with van der Waals surface area (Å²) in [6.45, 7) is 1.20. The molecule has 0 bridgehead atoms. The highest BCUT2D eigenvalue weighted by Crippen LogP contribution is 2.32. The molecule has 0 fully saturated rings. The van der Waals surface area contributed by atoms with Gasteiger partial charge in [-0.25, -0.2) is 0 Å². The van der Waals surface area contributed by atoms with E-state index in [0.29, 0.717) is 41.0 Å². The fourth-order valence-electron chi connectivity index (χ4n) is 2.50. The summed E-state index contributed by atoms with van der Waals surface area (Å²) in [5.74, 6) is 1.04. The Morgan fingerprint density at radius 1 is 1.08 bits per heavy atom. The summed E-state index contributed by atoms with van der Waals surface area (Å²) < 4.78 is 11.2. The van der Waals surface area contributed by atoms with E-state index in [1.54, 1.807) is 30.3 Å². The molecule has 5 nitrogen and oxygen atoms in total. The summed E-state index contributed by atoms with van der Waals surface area (Å²) in [5, 5.41) is 3.47. The zero-order valence-electron chi connectivity index (χ0n) is 13.6.